The van der Waals surface area contributed by atoms with Crippen LogP contribution in [0.5, 0.6) is 0 Å². The number of benzene rings is 1. The zero-order valence-corrected chi connectivity index (χ0v) is 16.0. The van der Waals surface area contributed by atoms with Crippen molar-refractivity contribution in [2.75, 3.05) is 20.6 Å². The van der Waals surface area contributed by atoms with Crippen LogP contribution in [0.4, 0.5) is 0 Å². The molecule has 1 unspecified atom stereocenters. The fourth-order valence-corrected chi connectivity index (χ4v) is 3.67. The molecular formula is C23H26N4. The van der Waals surface area contributed by atoms with E-state index in [1.54, 1.807) is 0 Å². The zero-order valence-electron chi connectivity index (χ0n) is 16.0. The SMILES string of the molecule is CN(CCC1C=CC=CN1C)Cc1ccc(-c2ccnc3[nH]ccc23)cc1. The lowest BCUT2D eigenvalue weighted by Gasteiger charge is -2.28. The number of nitrogens with zero attached hydrogens (tertiary/aromatic N) is 3. The maximum Gasteiger partial charge on any atom is 0.137 e. The molecule has 4 heteroatoms. The van der Waals surface area contributed by atoms with Gasteiger partial charge in [-0.1, -0.05) is 36.4 Å². The minimum Gasteiger partial charge on any atom is -0.374 e. The van der Waals surface area contributed by atoms with E-state index in [2.05, 4.69) is 94.7 Å². The molecule has 4 nitrogen and oxygen atoms in total. The lowest BCUT2D eigenvalue weighted by atomic mass is 10.0. The van der Waals surface area contributed by atoms with Crippen LogP contribution in [-0.2, 0) is 6.54 Å². The summed E-state index contributed by atoms with van der Waals surface area (Å²) in [5.41, 5.74) is 4.73. The molecule has 1 aromatic carbocycles. The van der Waals surface area contributed by atoms with Gasteiger partial charge in [-0.3, -0.25) is 0 Å². The Kier molecular flexibility index (Phi) is 5.07. The minimum absolute atomic E-state index is 0.496. The summed E-state index contributed by atoms with van der Waals surface area (Å²) < 4.78 is 0. The lowest BCUT2D eigenvalue weighted by Crippen LogP contribution is -2.31. The van der Waals surface area contributed by atoms with Crippen molar-refractivity contribution in [2.45, 2.75) is 19.0 Å². The molecule has 0 aliphatic carbocycles. The maximum absolute atomic E-state index is 4.37. The number of aromatic amines is 1. The zero-order chi connectivity index (χ0) is 18.6. The van der Waals surface area contributed by atoms with E-state index in [0.717, 1.165) is 25.2 Å². The van der Waals surface area contributed by atoms with E-state index < -0.39 is 0 Å². The van der Waals surface area contributed by atoms with Crippen LogP contribution in [0.15, 0.2) is 73.2 Å². The van der Waals surface area contributed by atoms with Gasteiger partial charge in [0.15, 0.2) is 0 Å². The first-order valence-corrected chi connectivity index (χ1v) is 9.47. The Labute approximate surface area is 160 Å². The molecule has 0 saturated carbocycles. The Morgan fingerprint density at radius 2 is 1.96 bits per heavy atom. The van der Waals surface area contributed by atoms with E-state index in [-0.39, 0.29) is 0 Å². The van der Waals surface area contributed by atoms with Gasteiger partial charge in [-0.2, -0.15) is 0 Å². The summed E-state index contributed by atoms with van der Waals surface area (Å²) in [7, 11) is 4.34. The van der Waals surface area contributed by atoms with Crippen LogP contribution >= 0.6 is 0 Å². The molecule has 1 aliphatic heterocycles. The van der Waals surface area contributed by atoms with E-state index in [9.17, 15) is 0 Å². The predicted octanol–water partition coefficient (Wildman–Crippen LogP) is 4.44. The van der Waals surface area contributed by atoms with Gasteiger partial charge in [-0.15, -0.1) is 0 Å². The van der Waals surface area contributed by atoms with Gasteiger partial charge >= 0.3 is 0 Å². The Bertz CT molecular complexity index is 952. The van der Waals surface area contributed by atoms with Gasteiger partial charge in [0.25, 0.3) is 0 Å². The molecule has 0 saturated heterocycles. The third-order valence-electron chi connectivity index (χ3n) is 5.27. The van der Waals surface area contributed by atoms with Crippen molar-refractivity contribution in [2.24, 2.45) is 0 Å². The number of allylic oxidation sites excluding steroid dienone is 2. The number of aromatic nitrogens is 2. The summed E-state index contributed by atoms with van der Waals surface area (Å²) in [6.45, 7) is 2.04. The Hall–Kier alpha value is -2.85. The topological polar surface area (TPSA) is 35.2 Å². The molecule has 0 radical (unpaired) electrons. The number of hydrogen-bond acceptors (Lipinski definition) is 3. The molecule has 27 heavy (non-hydrogen) atoms. The summed E-state index contributed by atoms with van der Waals surface area (Å²) in [4.78, 5) is 12.2. The van der Waals surface area contributed by atoms with Crippen molar-refractivity contribution in [3.8, 4) is 11.1 Å². The summed E-state index contributed by atoms with van der Waals surface area (Å²) in [5.74, 6) is 0. The molecule has 1 aliphatic rings. The van der Waals surface area contributed by atoms with Gasteiger partial charge in [-0.25, -0.2) is 4.98 Å². The monoisotopic (exact) mass is 358 g/mol. The van der Waals surface area contributed by atoms with Crippen LogP contribution in [0.1, 0.15) is 12.0 Å². The van der Waals surface area contributed by atoms with Crippen LogP contribution in [0.2, 0.25) is 0 Å². The molecule has 0 amide bonds. The molecule has 3 aromatic rings. The molecule has 0 fully saturated rings. The van der Waals surface area contributed by atoms with Crippen molar-refractivity contribution in [3.63, 3.8) is 0 Å². The molecule has 138 valence electrons. The Morgan fingerprint density at radius 1 is 1.11 bits per heavy atom. The molecule has 2 aromatic heterocycles. The largest absolute Gasteiger partial charge is 0.374 e. The first-order valence-electron chi connectivity index (χ1n) is 9.47. The molecule has 0 bridgehead atoms. The third-order valence-corrected chi connectivity index (χ3v) is 5.27. The molecular weight excluding hydrogens is 332 g/mol. The van der Waals surface area contributed by atoms with Crippen molar-refractivity contribution in [1.29, 1.82) is 0 Å². The number of hydrogen-bond donors (Lipinski definition) is 1. The first-order chi connectivity index (χ1) is 13.2. The number of fused-ring (bicyclic) bond motifs is 1. The molecule has 4 rings (SSSR count). The standard InChI is InChI=1S/C23H26N4/c1-26(16-12-20-5-3-4-15-27(20)2)17-18-6-8-19(9-7-18)21-10-13-24-23-22(21)11-14-25-23/h3-11,13-15,20H,12,16-17H2,1-2H3,(H,24,25). The molecule has 3 heterocycles. The highest BCUT2D eigenvalue weighted by Gasteiger charge is 2.12. The minimum atomic E-state index is 0.496. The smallest absolute Gasteiger partial charge is 0.137 e. The second-order valence-corrected chi connectivity index (χ2v) is 7.28. The van der Waals surface area contributed by atoms with Crippen molar-refractivity contribution < 1.29 is 0 Å². The number of pyridine rings is 1. The number of H-pyrrole nitrogens is 1. The van der Waals surface area contributed by atoms with Crippen molar-refractivity contribution in [1.82, 2.24) is 19.8 Å². The van der Waals surface area contributed by atoms with Crippen molar-refractivity contribution in [3.05, 3.63) is 78.8 Å². The predicted molar refractivity (Wildman–Crippen MR) is 112 cm³/mol. The Balaban J connectivity index is 1.38. The summed E-state index contributed by atoms with van der Waals surface area (Å²) in [5, 5.41) is 1.17. The number of nitrogens with one attached hydrogen (secondary N) is 1. The van der Waals surface area contributed by atoms with Crippen LogP contribution in [0.25, 0.3) is 22.2 Å². The number of rotatable bonds is 6. The molecule has 0 spiro atoms. The lowest BCUT2D eigenvalue weighted by molar-refractivity contribution is 0.275. The fourth-order valence-electron chi connectivity index (χ4n) is 3.67. The van der Waals surface area contributed by atoms with Crippen LogP contribution < -0.4 is 0 Å². The van der Waals surface area contributed by atoms with E-state index >= 15 is 0 Å². The maximum atomic E-state index is 4.37. The molecule has 1 N–H and O–H groups in total. The van der Waals surface area contributed by atoms with Gasteiger partial charge in [0.1, 0.15) is 5.65 Å². The summed E-state index contributed by atoms with van der Waals surface area (Å²) >= 11 is 0. The second kappa shape index (κ2) is 7.80. The van der Waals surface area contributed by atoms with E-state index in [4.69, 9.17) is 0 Å². The second-order valence-electron chi connectivity index (χ2n) is 7.28. The third kappa shape index (κ3) is 3.96. The highest BCUT2D eigenvalue weighted by Crippen LogP contribution is 2.27. The van der Waals surface area contributed by atoms with Gasteiger partial charge in [-0.05, 0) is 54.6 Å². The van der Waals surface area contributed by atoms with Gasteiger partial charge in [0, 0.05) is 44.0 Å². The Morgan fingerprint density at radius 3 is 2.78 bits per heavy atom. The summed E-state index contributed by atoms with van der Waals surface area (Å²) in [6.07, 6.45) is 13.6. The van der Waals surface area contributed by atoms with E-state index in [0.29, 0.717) is 6.04 Å². The summed E-state index contributed by atoms with van der Waals surface area (Å²) in [6, 6.07) is 13.6. The van der Waals surface area contributed by atoms with E-state index in [1.165, 1.54) is 22.1 Å². The van der Waals surface area contributed by atoms with E-state index in [1.807, 2.05) is 12.4 Å². The van der Waals surface area contributed by atoms with Crippen LogP contribution in [0.3, 0.4) is 0 Å². The highest BCUT2D eigenvalue weighted by molar-refractivity contribution is 5.92. The highest BCUT2D eigenvalue weighted by atomic mass is 15.1. The van der Waals surface area contributed by atoms with Crippen molar-refractivity contribution >= 4 is 11.0 Å². The van der Waals surface area contributed by atoms with Gasteiger partial charge < -0.3 is 14.8 Å². The normalized spacial score (nSPS) is 16.6. The average Bonchev–Trinajstić information content (AvgIpc) is 3.17. The van der Waals surface area contributed by atoms with Gasteiger partial charge in [0.2, 0.25) is 0 Å². The number of likely N-dealkylation sites (N-methyl/N-ethyl adjacent to an activating group) is 1. The first kappa shape index (κ1) is 17.6. The molecule has 1 atom stereocenters. The van der Waals surface area contributed by atoms with Crippen LogP contribution in [0, 0.1) is 0 Å². The quantitative estimate of drug-likeness (QED) is 0.708. The van der Waals surface area contributed by atoms with Crippen LogP contribution in [-0.4, -0.2) is 46.4 Å². The average molecular weight is 358 g/mol. The fraction of sp³-hybridized carbons (Fsp3) is 0.261. The van der Waals surface area contributed by atoms with Gasteiger partial charge in [0.05, 0.1) is 0 Å².